The molecule has 0 radical (unpaired) electrons. The van der Waals surface area contributed by atoms with E-state index in [2.05, 4.69) is 49.2 Å². The first-order valence-corrected chi connectivity index (χ1v) is 8.20. The van der Waals surface area contributed by atoms with Gasteiger partial charge in [-0.15, -0.1) is 0 Å². The quantitative estimate of drug-likeness (QED) is 0.901. The minimum absolute atomic E-state index is 0.233. The number of nitrogens with one attached hydrogen (secondary N) is 1. The number of benzene rings is 1. The molecule has 1 atom stereocenters. The highest BCUT2D eigenvalue weighted by Crippen LogP contribution is 2.20. The number of carbonyl (C=O) groups is 1. The molecule has 0 bridgehead atoms. The zero-order valence-electron chi connectivity index (χ0n) is 13.6. The Kier molecular flexibility index (Phi) is 5.80. The smallest absolute Gasteiger partial charge is 0.222 e. The van der Waals surface area contributed by atoms with E-state index in [9.17, 15) is 4.79 Å². The fourth-order valence-electron chi connectivity index (χ4n) is 2.97. The van der Waals surface area contributed by atoms with Gasteiger partial charge in [-0.1, -0.05) is 31.5 Å². The third-order valence-electron chi connectivity index (χ3n) is 4.46. The van der Waals surface area contributed by atoms with Crippen LogP contribution in [-0.2, 0) is 4.79 Å². The summed E-state index contributed by atoms with van der Waals surface area (Å²) in [4.78, 5) is 14.3. The third kappa shape index (κ3) is 4.31. The number of nitrogens with zero attached hydrogens (tertiary/aromatic N) is 1. The van der Waals surface area contributed by atoms with Crippen molar-refractivity contribution in [3.8, 4) is 0 Å². The standard InChI is InChI=1S/C18H28N2O/c1-4-19-17(16-10-9-14(2)15(3)12-16)13-20-11-7-5-6-8-18(20)21/h9-10,12,17,19H,4-8,11,13H2,1-3H3. The van der Waals surface area contributed by atoms with Gasteiger partial charge in [0.25, 0.3) is 0 Å². The number of amides is 1. The molecule has 3 nitrogen and oxygen atoms in total. The number of hydrogen-bond donors (Lipinski definition) is 1. The molecule has 1 aromatic rings. The maximum absolute atomic E-state index is 12.2. The van der Waals surface area contributed by atoms with Crippen molar-refractivity contribution in [3.05, 3.63) is 34.9 Å². The van der Waals surface area contributed by atoms with E-state index in [0.29, 0.717) is 12.3 Å². The summed E-state index contributed by atoms with van der Waals surface area (Å²) in [6.07, 6.45) is 4.08. The van der Waals surface area contributed by atoms with Gasteiger partial charge in [0.05, 0.1) is 0 Å². The number of aryl methyl sites for hydroxylation is 2. The normalized spacial score (nSPS) is 17.7. The monoisotopic (exact) mass is 288 g/mol. The Morgan fingerprint density at radius 3 is 2.71 bits per heavy atom. The summed E-state index contributed by atoms with van der Waals surface area (Å²) in [5, 5.41) is 3.54. The van der Waals surface area contributed by atoms with Gasteiger partial charge in [-0.05, 0) is 49.9 Å². The van der Waals surface area contributed by atoms with E-state index in [1.807, 2.05) is 0 Å². The largest absolute Gasteiger partial charge is 0.341 e. The molecule has 1 saturated heterocycles. The summed E-state index contributed by atoms with van der Waals surface area (Å²) in [6, 6.07) is 6.86. The van der Waals surface area contributed by atoms with E-state index in [1.54, 1.807) is 0 Å². The maximum Gasteiger partial charge on any atom is 0.222 e. The maximum atomic E-state index is 12.2. The van der Waals surface area contributed by atoms with Crippen LogP contribution in [0.5, 0.6) is 0 Å². The molecule has 0 saturated carbocycles. The molecule has 1 aliphatic rings. The fourth-order valence-corrected chi connectivity index (χ4v) is 2.97. The van der Waals surface area contributed by atoms with E-state index >= 15 is 0 Å². The van der Waals surface area contributed by atoms with Crippen LogP contribution >= 0.6 is 0 Å². The molecule has 1 aliphatic heterocycles. The molecule has 1 N–H and O–H groups in total. The minimum Gasteiger partial charge on any atom is -0.341 e. The molecule has 21 heavy (non-hydrogen) atoms. The first-order valence-electron chi connectivity index (χ1n) is 8.20. The summed E-state index contributed by atoms with van der Waals surface area (Å²) in [7, 11) is 0. The van der Waals surface area contributed by atoms with Gasteiger partial charge in [-0.2, -0.15) is 0 Å². The first-order chi connectivity index (χ1) is 10.1. The molecule has 1 fully saturated rings. The molecule has 1 unspecified atom stereocenters. The van der Waals surface area contributed by atoms with Crippen molar-refractivity contribution in [1.82, 2.24) is 10.2 Å². The Morgan fingerprint density at radius 2 is 2.00 bits per heavy atom. The molecule has 116 valence electrons. The Labute approximate surface area is 128 Å². The second kappa shape index (κ2) is 7.60. The van der Waals surface area contributed by atoms with E-state index in [1.165, 1.54) is 23.1 Å². The lowest BCUT2D eigenvalue weighted by Gasteiger charge is -2.28. The third-order valence-corrected chi connectivity index (χ3v) is 4.46. The van der Waals surface area contributed by atoms with Crippen LogP contribution in [0.3, 0.4) is 0 Å². The summed E-state index contributed by atoms with van der Waals surface area (Å²) < 4.78 is 0. The minimum atomic E-state index is 0.233. The van der Waals surface area contributed by atoms with Crippen LogP contribution in [0.15, 0.2) is 18.2 Å². The van der Waals surface area contributed by atoms with Gasteiger partial charge in [0.15, 0.2) is 0 Å². The van der Waals surface area contributed by atoms with Gasteiger partial charge in [-0.25, -0.2) is 0 Å². The highest BCUT2D eigenvalue weighted by molar-refractivity contribution is 5.76. The van der Waals surface area contributed by atoms with E-state index in [-0.39, 0.29) is 6.04 Å². The van der Waals surface area contributed by atoms with Crippen molar-refractivity contribution in [2.75, 3.05) is 19.6 Å². The second-order valence-electron chi connectivity index (χ2n) is 6.10. The summed E-state index contributed by atoms with van der Waals surface area (Å²) in [5.41, 5.74) is 3.93. The van der Waals surface area contributed by atoms with Crippen molar-refractivity contribution in [2.24, 2.45) is 0 Å². The Balaban J connectivity index is 2.13. The van der Waals surface area contributed by atoms with Gasteiger partial charge in [0.2, 0.25) is 5.91 Å². The lowest BCUT2D eigenvalue weighted by Crippen LogP contribution is -2.38. The highest BCUT2D eigenvalue weighted by atomic mass is 16.2. The summed E-state index contributed by atoms with van der Waals surface area (Å²) in [6.45, 7) is 9.03. The van der Waals surface area contributed by atoms with Crippen LogP contribution in [0.25, 0.3) is 0 Å². The van der Waals surface area contributed by atoms with Crippen molar-refractivity contribution in [1.29, 1.82) is 0 Å². The number of hydrogen-bond acceptors (Lipinski definition) is 2. The van der Waals surface area contributed by atoms with Crippen molar-refractivity contribution >= 4 is 5.91 Å². The zero-order valence-corrected chi connectivity index (χ0v) is 13.6. The molecule has 1 heterocycles. The van der Waals surface area contributed by atoms with Crippen LogP contribution in [0, 0.1) is 13.8 Å². The molecule has 3 heteroatoms. The summed E-state index contributed by atoms with van der Waals surface area (Å²) >= 11 is 0. The highest BCUT2D eigenvalue weighted by Gasteiger charge is 2.21. The van der Waals surface area contributed by atoms with Crippen LogP contribution in [0.1, 0.15) is 55.3 Å². The van der Waals surface area contributed by atoms with Crippen LogP contribution in [0.2, 0.25) is 0 Å². The predicted octanol–water partition coefficient (Wildman–Crippen LogP) is 3.36. The zero-order chi connectivity index (χ0) is 15.2. The van der Waals surface area contributed by atoms with Crippen molar-refractivity contribution < 1.29 is 4.79 Å². The van der Waals surface area contributed by atoms with Crippen molar-refractivity contribution in [2.45, 2.75) is 52.5 Å². The van der Waals surface area contributed by atoms with E-state index < -0.39 is 0 Å². The molecule has 0 spiro atoms. The van der Waals surface area contributed by atoms with Gasteiger partial charge in [-0.3, -0.25) is 4.79 Å². The first kappa shape index (κ1) is 16.0. The number of rotatable bonds is 5. The average Bonchev–Trinajstić information content (AvgIpc) is 2.67. The Morgan fingerprint density at radius 1 is 1.19 bits per heavy atom. The molecule has 0 aromatic heterocycles. The summed E-state index contributed by atoms with van der Waals surface area (Å²) in [5.74, 6) is 0.319. The average molecular weight is 288 g/mol. The molecular weight excluding hydrogens is 260 g/mol. The lowest BCUT2D eigenvalue weighted by atomic mass is 10.0. The number of likely N-dealkylation sites (N-methyl/N-ethyl adjacent to an activating group) is 1. The second-order valence-corrected chi connectivity index (χ2v) is 6.10. The molecular formula is C18H28N2O. The van der Waals surface area contributed by atoms with E-state index in [0.717, 1.165) is 32.5 Å². The van der Waals surface area contributed by atoms with Gasteiger partial charge in [0, 0.05) is 25.6 Å². The molecule has 1 amide bonds. The molecule has 2 rings (SSSR count). The van der Waals surface area contributed by atoms with Gasteiger partial charge in [0.1, 0.15) is 0 Å². The fraction of sp³-hybridized carbons (Fsp3) is 0.611. The molecule has 0 aliphatic carbocycles. The SMILES string of the molecule is CCNC(CN1CCCCCC1=O)c1ccc(C)c(C)c1. The van der Waals surface area contributed by atoms with Crippen molar-refractivity contribution in [3.63, 3.8) is 0 Å². The van der Waals surface area contributed by atoms with Gasteiger partial charge >= 0.3 is 0 Å². The Bertz CT molecular complexity index is 484. The molecule has 1 aromatic carbocycles. The van der Waals surface area contributed by atoms with Crippen LogP contribution in [-0.4, -0.2) is 30.4 Å². The lowest BCUT2D eigenvalue weighted by molar-refractivity contribution is -0.131. The number of likely N-dealkylation sites (tertiary alicyclic amines) is 1. The van der Waals surface area contributed by atoms with Crippen LogP contribution < -0.4 is 5.32 Å². The van der Waals surface area contributed by atoms with Crippen LogP contribution in [0.4, 0.5) is 0 Å². The topological polar surface area (TPSA) is 32.3 Å². The number of carbonyl (C=O) groups excluding carboxylic acids is 1. The van der Waals surface area contributed by atoms with E-state index in [4.69, 9.17) is 0 Å². The predicted molar refractivity (Wildman–Crippen MR) is 87.4 cm³/mol. The Hall–Kier alpha value is -1.35. The van der Waals surface area contributed by atoms with Gasteiger partial charge < -0.3 is 10.2 Å².